The van der Waals surface area contributed by atoms with Crippen LogP contribution in [0.1, 0.15) is 17.9 Å². The fourth-order valence-electron chi connectivity index (χ4n) is 2.12. The van der Waals surface area contributed by atoms with Gasteiger partial charge in [0.2, 0.25) is 0 Å². The molecule has 1 N–H and O–H groups in total. The number of hydrogen-bond donors (Lipinski definition) is 1. The topological polar surface area (TPSA) is 41.3 Å². The number of hydrogen-bond acceptors (Lipinski definition) is 3. The molecule has 1 unspecified atom stereocenters. The Morgan fingerprint density at radius 2 is 2.21 bits per heavy atom. The number of β-amino-alcohol motifs (C(OH)–C–C–N with tert-alkyl or cyclic N) is 1. The third-order valence-electron chi connectivity index (χ3n) is 3.14. The van der Waals surface area contributed by atoms with Crippen molar-refractivity contribution in [3.8, 4) is 0 Å². The molecule has 1 aliphatic heterocycles. The minimum Gasteiger partial charge on any atom is -0.382 e. The largest absolute Gasteiger partial charge is 0.382 e. The summed E-state index contributed by atoms with van der Waals surface area (Å²) in [5, 5.41) is 10.4. The molecule has 4 nitrogen and oxygen atoms in total. The van der Waals surface area contributed by atoms with Gasteiger partial charge in [-0.15, -0.1) is 0 Å². The zero-order valence-electron chi connectivity index (χ0n) is 8.99. The van der Waals surface area contributed by atoms with Gasteiger partial charge in [0.05, 0.1) is 11.9 Å². The molecule has 0 saturated carbocycles. The van der Waals surface area contributed by atoms with Crippen molar-refractivity contribution in [3.05, 3.63) is 17.7 Å². The summed E-state index contributed by atoms with van der Waals surface area (Å²) in [5.41, 5.74) is 0.226. The van der Waals surface area contributed by atoms with Crippen molar-refractivity contribution >= 4 is 0 Å². The van der Waals surface area contributed by atoms with E-state index in [1.807, 2.05) is 25.6 Å². The zero-order chi connectivity index (χ0) is 10.3. The Balaban J connectivity index is 2.35. The van der Waals surface area contributed by atoms with Crippen LogP contribution in [0.25, 0.3) is 0 Å². The van der Waals surface area contributed by atoms with Crippen molar-refractivity contribution in [3.63, 3.8) is 0 Å². The second-order valence-corrected chi connectivity index (χ2v) is 4.27. The summed E-state index contributed by atoms with van der Waals surface area (Å²) in [4.78, 5) is 6.36. The highest BCUT2D eigenvalue weighted by Crippen LogP contribution is 2.30. The molecule has 1 aromatic heterocycles. The molecule has 0 aliphatic carbocycles. The van der Waals surface area contributed by atoms with Crippen molar-refractivity contribution in [2.75, 3.05) is 20.1 Å². The van der Waals surface area contributed by atoms with Gasteiger partial charge in [0.1, 0.15) is 11.4 Å². The van der Waals surface area contributed by atoms with Crippen LogP contribution in [0, 0.1) is 6.92 Å². The number of nitrogens with zero attached hydrogens (tertiary/aromatic N) is 3. The summed E-state index contributed by atoms with van der Waals surface area (Å²) < 4.78 is 1.97. The molecule has 0 amide bonds. The van der Waals surface area contributed by atoms with E-state index in [4.69, 9.17) is 0 Å². The van der Waals surface area contributed by atoms with Gasteiger partial charge < -0.3 is 14.6 Å². The van der Waals surface area contributed by atoms with Gasteiger partial charge in [0, 0.05) is 20.1 Å². The third kappa shape index (κ3) is 1.35. The third-order valence-corrected chi connectivity index (χ3v) is 3.14. The minimum absolute atomic E-state index is 0.700. The van der Waals surface area contributed by atoms with E-state index >= 15 is 0 Å². The Morgan fingerprint density at radius 3 is 2.64 bits per heavy atom. The van der Waals surface area contributed by atoms with E-state index in [0.29, 0.717) is 6.54 Å². The molecule has 0 spiro atoms. The summed E-state index contributed by atoms with van der Waals surface area (Å²) >= 11 is 0. The lowest BCUT2D eigenvalue weighted by atomic mass is 9.99. The average Bonchev–Trinajstić information content (AvgIpc) is 2.60. The molecule has 1 atom stereocenters. The highest BCUT2D eigenvalue weighted by Gasteiger charge is 2.38. The van der Waals surface area contributed by atoms with Gasteiger partial charge in [0.15, 0.2) is 0 Å². The van der Waals surface area contributed by atoms with Crippen LogP contribution in [0.2, 0.25) is 0 Å². The molecule has 1 aromatic rings. The lowest BCUT2D eigenvalue weighted by Crippen LogP contribution is -2.31. The smallest absolute Gasteiger partial charge is 0.120 e. The molecule has 0 aromatic carbocycles. The molecule has 2 heterocycles. The molecule has 14 heavy (non-hydrogen) atoms. The van der Waals surface area contributed by atoms with Gasteiger partial charge in [-0.3, -0.25) is 0 Å². The van der Waals surface area contributed by atoms with Crippen LogP contribution in [0.4, 0.5) is 0 Å². The summed E-state index contributed by atoms with van der Waals surface area (Å²) in [7, 11) is 3.98. The first kappa shape index (κ1) is 9.68. The van der Waals surface area contributed by atoms with Crippen LogP contribution in [-0.2, 0) is 12.6 Å². The fraction of sp³-hybridized carbons (Fsp3) is 0.700. The van der Waals surface area contributed by atoms with Gasteiger partial charge >= 0.3 is 0 Å². The van der Waals surface area contributed by atoms with Crippen molar-refractivity contribution in [1.29, 1.82) is 0 Å². The minimum atomic E-state index is -0.704. The molecule has 1 fully saturated rings. The maximum Gasteiger partial charge on any atom is 0.120 e. The number of rotatable bonds is 1. The Bertz CT molecular complexity index is 347. The monoisotopic (exact) mass is 195 g/mol. The first-order chi connectivity index (χ1) is 6.53. The van der Waals surface area contributed by atoms with Gasteiger partial charge in [-0.1, -0.05) is 0 Å². The lowest BCUT2D eigenvalue weighted by Gasteiger charge is -2.22. The molecule has 78 valence electrons. The predicted octanol–water partition coefficient (Wildman–Crippen LogP) is 0.252. The molecule has 1 aliphatic rings. The SMILES string of the molecule is Cc1ncc(C2(O)CCN(C)C2)n1C. The lowest BCUT2D eigenvalue weighted by molar-refractivity contribution is 0.0414. The van der Waals surface area contributed by atoms with Gasteiger partial charge in [-0.05, 0) is 20.4 Å². The first-order valence-electron chi connectivity index (χ1n) is 4.93. The second-order valence-electron chi connectivity index (χ2n) is 4.27. The quantitative estimate of drug-likeness (QED) is 0.698. The maximum atomic E-state index is 10.4. The number of aromatic nitrogens is 2. The average molecular weight is 195 g/mol. The van der Waals surface area contributed by atoms with E-state index in [0.717, 1.165) is 24.5 Å². The molecular weight excluding hydrogens is 178 g/mol. The van der Waals surface area contributed by atoms with Gasteiger partial charge in [0.25, 0.3) is 0 Å². The van der Waals surface area contributed by atoms with Crippen LogP contribution >= 0.6 is 0 Å². The van der Waals surface area contributed by atoms with Crippen LogP contribution in [-0.4, -0.2) is 39.7 Å². The Kier molecular flexibility index (Phi) is 2.12. The van der Waals surface area contributed by atoms with Crippen molar-refractivity contribution in [2.45, 2.75) is 18.9 Å². The summed E-state index contributed by atoms with van der Waals surface area (Å²) in [6.07, 6.45) is 2.58. The van der Waals surface area contributed by atoms with Crippen LogP contribution in [0.5, 0.6) is 0 Å². The highest BCUT2D eigenvalue weighted by molar-refractivity contribution is 5.16. The summed E-state index contributed by atoms with van der Waals surface area (Å²) in [5.74, 6) is 0.947. The Morgan fingerprint density at radius 1 is 1.50 bits per heavy atom. The van der Waals surface area contributed by atoms with Crippen LogP contribution in [0.15, 0.2) is 6.20 Å². The molecule has 0 bridgehead atoms. The van der Waals surface area contributed by atoms with Crippen LogP contribution < -0.4 is 0 Å². The van der Waals surface area contributed by atoms with Crippen molar-refractivity contribution < 1.29 is 5.11 Å². The number of aliphatic hydroxyl groups is 1. The molecule has 4 heteroatoms. The normalized spacial score (nSPS) is 28.6. The van der Waals surface area contributed by atoms with Crippen LogP contribution in [0.3, 0.4) is 0 Å². The summed E-state index contributed by atoms with van der Waals surface area (Å²) in [6, 6.07) is 0. The fourth-order valence-corrected chi connectivity index (χ4v) is 2.12. The highest BCUT2D eigenvalue weighted by atomic mass is 16.3. The number of likely N-dealkylation sites (N-methyl/N-ethyl adjacent to an activating group) is 1. The van der Waals surface area contributed by atoms with E-state index in [1.165, 1.54) is 0 Å². The molecule has 0 radical (unpaired) electrons. The van der Waals surface area contributed by atoms with E-state index in [-0.39, 0.29) is 0 Å². The Hall–Kier alpha value is -0.870. The van der Waals surface area contributed by atoms with E-state index in [9.17, 15) is 5.11 Å². The number of aryl methyl sites for hydroxylation is 1. The maximum absolute atomic E-state index is 10.4. The Labute approximate surface area is 84.2 Å². The zero-order valence-corrected chi connectivity index (χ0v) is 8.99. The molecule has 1 saturated heterocycles. The molecule has 2 rings (SSSR count). The van der Waals surface area contributed by atoms with Gasteiger partial charge in [-0.25, -0.2) is 4.98 Å². The first-order valence-corrected chi connectivity index (χ1v) is 4.93. The molecular formula is C10H17N3O. The van der Waals surface area contributed by atoms with E-state index < -0.39 is 5.60 Å². The number of imidazole rings is 1. The van der Waals surface area contributed by atoms with E-state index in [2.05, 4.69) is 9.88 Å². The van der Waals surface area contributed by atoms with Crippen molar-refractivity contribution in [2.24, 2.45) is 7.05 Å². The standard InChI is InChI=1S/C10H17N3O/c1-8-11-6-9(13(8)3)10(14)4-5-12(2)7-10/h6,14H,4-5,7H2,1-3H3. The van der Waals surface area contributed by atoms with Gasteiger partial charge in [-0.2, -0.15) is 0 Å². The van der Waals surface area contributed by atoms with Crippen molar-refractivity contribution in [1.82, 2.24) is 14.5 Å². The van der Waals surface area contributed by atoms with E-state index in [1.54, 1.807) is 6.20 Å². The second kappa shape index (κ2) is 3.07. The summed E-state index contributed by atoms with van der Waals surface area (Å²) in [6.45, 7) is 3.60. The number of likely N-dealkylation sites (tertiary alicyclic amines) is 1. The predicted molar refractivity (Wildman–Crippen MR) is 54.0 cm³/mol.